The summed E-state index contributed by atoms with van der Waals surface area (Å²) in [6.45, 7) is -3.59. The molecule has 0 bridgehead atoms. The Morgan fingerprint density at radius 2 is 1.58 bits per heavy atom. The lowest BCUT2D eigenvalue weighted by molar-refractivity contribution is -0.904. The van der Waals surface area contributed by atoms with E-state index in [1.54, 1.807) is 0 Å². The zero-order valence-corrected chi connectivity index (χ0v) is 25.4. The molecule has 1 N–H and O–H groups in total. The largest absolute Gasteiger partial charge is 0.493 e. The van der Waals surface area contributed by atoms with Crippen molar-refractivity contribution in [2.24, 2.45) is 5.92 Å². The van der Waals surface area contributed by atoms with Crippen LogP contribution in [-0.4, -0.2) is 61.9 Å². The number of hydrogen-bond acceptors (Lipinski definition) is 9. The van der Waals surface area contributed by atoms with E-state index >= 15 is 0 Å². The van der Waals surface area contributed by atoms with Gasteiger partial charge in [-0.25, -0.2) is 0 Å². The lowest BCUT2D eigenvalue weighted by Crippen LogP contribution is -2.36. The zero-order chi connectivity index (χ0) is 32.4. The van der Waals surface area contributed by atoms with Gasteiger partial charge in [-0.05, 0) is 48.6 Å². The molecule has 1 aliphatic heterocycles. The van der Waals surface area contributed by atoms with Gasteiger partial charge in [0.2, 0.25) is 12.4 Å². The molecule has 238 valence electrons. The third-order valence-electron chi connectivity index (χ3n) is 7.22. The Hall–Kier alpha value is -4.36. The van der Waals surface area contributed by atoms with Gasteiger partial charge < -0.3 is 23.7 Å². The first-order chi connectivity index (χ1) is 21.5. The molecule has 1 saturated carbocycles. The summed E-state index contributed by atoms with van der Waals surface area (Å²) in [7, 11) is 2.75. The number of hydrogen-bond donors (Lipinski definition) is 1. The molecule has 2 heterocycles. The van der Waals surface area contributed by atoms with Crippen molar-refractivity contribution in [3.63, 3.8) is 0 Å². The number of carbonyl (C=O) groups is 3. The highest BCUT2D eigenvalue weighted by molar-refractivity contribution is 6.35. The highest BCUT2D eigenvalue weighted by Gasteiger charge is 2.39. The zero-order valence-electron chi connectivity index (χ0n) is 23.9. The molecular formula is C30H27Cl2F2N2O9+. The standard InChI is InChI=1S/C30H27Cl2F2N2O9/c1-41-24-8-17-18(9-25(24)42-2)29(39)36(28(17)38)13-27(37)44-23(10-19-20(31)11-35(40)12-21(19)32)16-5-6-22(45-30(33)34)26(7-16)43-14-15-3-4-15/h5-9,11-12,15,23,30,40H,3-4,10,13-14H2,1-2H3/q+1. The third-order valence-corrected chi connectivity index (χ3v) is 7.87. The summed E-state index contributed by atoms with van der Waals surface area (Å²) in [6, 6.07) is 6.75. The van der Waals surface area contributed by atoms with Gasteiger partial charge in [-0.2, -0.15) is 8.78 Å². The van der Waals surface area contributed by atoms with Crippen LogP contribution in [0.3, 0.4) is 0 Å². The second-order valence-corrected chi connectivity index (χ2v) is 11.1. The van der Waals surface area contributed by atoms with Gasteiger partial charge in [0.15, 0.2) is 23.0 Å². The number of nitrogens with zero attached hydrogens (tertiary/aromatic N) is 2. The summed E-state index contributed by atoms with van der Waals surface area (Å²) in [5.74, 6) is -1.93. The first-order valence-electron chi connectivity index (χ1n) is 13.6. The Morgan fingerprint density at radius 1 is 0.978 bits per heavy atom. The molecule has 2 amide bonds. The molecule has 1 unspecified atom stereocenters. The molecule has 5 rings (SSSR count). The number of imide groups is 1. The van der Waals surface area contributed by atoms with Crippen LogP contribution < -0.4 is 23.7 Å². The molecule has 1 aliphatic carbocycles. The van der Waals surface area contributed by atoms with E-state index in [-0.39, 0.29) is 68.7 Å². The number of esters is 1. The third kappa shape index (κ3) is 7.15. The van der Waals surface area contributed by atoms with Gasteiger partial charge in [0.25, 0.3) is 11.8 Å². The number of alkyl halides is 2. The van der Waals surface area contributed by atoms with E-state index in [2.05, 4.69) is 4.74 Å². The molecule has 0 spiro atoms. The predicted octanol–water partition coefficient (Wildman–Crippen LogP) is 5.05. The lowest BCUT2D eigenvalue weighted by atomic mass is 10.0. The van der Waals surface area contributed by atoms with E-state index in [1.807, 2.05) is 0 Å². The van der Waals surface area contributed by atoms with Crippen molar-refractivity contribution in [2.45, 2.75) is 32.0 Å². The quantitative estimate of drug-likeness (QED) is 0.115. The Labute approximate surface area is 265 Å². The molecule has 15 heteroatoms. The minimum absolute atomic E-state index is 0.00227. The molecule has 1 aromatic heterocycles. The Morgan fingerprint density at radius 3 is 2.11 bits per heavy atom. The summed E-state index contributed by atoms with van der Waals surface area (Å²) >= 11 is 12.7. The van der Waals surface area contributed by atoms with Crippen molar-refractivity contribution < 1.29 is 56.8 Å². The van der Waals surface area contributed by atoms with Gasteiger partial charge in [0.1, 0.15) is 22.7 Å². The molecular weight excluding hydrogens is 641 g/mol. The average Bonchev–Trinajstić information content (AvgIpc) is 3.80. The second kappa shape index (κ2) is 13.3. The van der Waals surface area contributed by atoms with Gasteiger partial charge in [-0.1, -0.05) is 29.3 Å². The lowest BCUT2D eigenvalue weighted by Gasteiger charge is -2.22. The molecule has 1 atom stereocenters. The van der Waals surface area contributed by atoms with E-state index in [0.29, 0.717) is 10.3 Å². The Kier molecular flexibility index (Phi) is 9.49. The number of rotatable bonds is 13. The fraction of sp³-hybridized carbons (Fsp3) is 0.333. The summed E-state index contributed by atoms with van der Waals surface area (Å²) in [5, 5.41) is 9.88. The van der Waals surface area contributed by atoms with Crippen LogP contribution in [0.1, 0.15) is 50.8 Å². The minimum Gasteiger partial charge on any atom is -0.493 e. The van der Waals surface area contributed by atoms with Gasteiger partial charge in [-0.15, -0.1) is 0 Å². The molecule has 0 radical (unpaired) electrons. The molecule has 2 aromatic carbocycles. The van der Waals surface area contributed by atoms with Crippen molar-refractivity contribution in [1.29, 1.82) is 0 Å². The first kappa shape index (κ1) is 32.0. The number of methoxy groups -OCH3 is 2. The summed E-state index contributed by atoms with van der Waals surface area (Å²) in [6.07, 6.45) is 2.93. The van der Waals surface area contributed by atoms with Gasteiger partial charge in [0, 0.05) is 16.7 Å². The SMILES string of the molecule is COc1cc2c(cc1OC)C(=O)N(CC(=O)OC(Cc1c(Cl)c[n+](O)cc1Cl)c1ccc(OC(F)F)c(OCC3CC3)c1)C2=O. The van der Waals surface area contributed by atoms with Crippen molar-refractivity contribution in [2.75, 3.05) is 27.4 Å². The molecule has 3 aromatic rings. The minimum atomic E-state index is -3.11. The summed E-state index contributed by atoms with van der Waals surface area (Å²) in [4.78, 5) is 40.3. The van der Waals surface area contributed by atoms with Crippen molar-refractivity contribution in [1.82, 2.24) is 4.90 Å². The van der Waals surface area contributed by atoms with Gasteiger partial charge in [0.05, 0.1) is 32.0 Å². The number of aromatic nitrogens is 1. The number of ether oxygens (including phenoxy) is 5. The first-order valence-corrected chi connectivity index (χ1v) is 14.4. The smallest absolute Gasteiger partial charge is 0.387 e. The van der Waals surface area contributed by atoms with Crippen LogP contribution in [0.15, 0.2) is 42.7 Å². The summed E-state index contributed by atoms with van der Waals surface area (Å²) in [5.41, 5.74) is 0.624. The van der Waals surface area contributed by atoms with Crippen molar-refractivity contribution >= 4 is 41.0 Å². The number of benzene rings is 2. The van der Waals surface area contributed by atoms with E-state index in [4.69, 9.17) is 42.1 Å². The van der Waals surface area contributed by atoms with E-state index < -0.39 is 37.0 Å². The number of pyridine rings is 1. The van der Waals surface area contributed by atoms with E-state index in [1.165, 1.54) is 56.9 Å². The predicted molar refractivity (Wildman–Crippen MR) is 153 cm³/mol. The van der Waals surface area contributed by atoms with Gasteiger partial charge >= 0.3 is 12.6 Å². The number of amides is 2. The van der Waals surface area contributed by atoms with Crippen LogP contribution in [-0.2, 0) is 16.0 Å². The number of carbonyl (C=O) groups excluding carboxylic acids is 3. The molecule has 45 heavy (non-hydrogen) atoms. The molecule has 0 saturated heterocycles. The normalized spacial score (nSPS) is 14.8. The fourth-order valence-corrected chi connectivity index (χ4v) is 5.36. The monoisotopic (exact) mass is 667 g/mol. The summed E-state index contributed by atoms with van der Waals surface area (Å²) < 4.78 is 53.5. The number of fused-ring (bicyclic) bond motifs is 1. The van der Waals surface area contributed by atoms with Crippen LogP contribution in [0.25, 0.3) is 0 Å². The Balaban J connectivity index is 1.43. The maximum atomic E-state index is 13.3. The number of halogens is 4. The van der Waals surface area contributed by atoms with Gasteiger partial charge in [-0.3, -0.25) is 24.5 Å². The van der Waals surface area contributed by atoms with E-state index in [0.717, 1.165) is 17.7 Å². The maximum absolute atomic E-state index is 13.3. The molecule has 2 aliphatic rings. The maximum Gasteiger partial charge on any atom is 0.387 e. The van der Waals surface area contributed by atoms with Crippen LogP contribution >= 0.6 is 23.2 Å². The average molecular weight is 668 g/mol. The molecule has 1 fully saturated rings. The van der Waals surface area contributed by atoms with Crippen molar-refractivity contribution in [3.05, 3.63) is 75.0 Å². The topological polar surface area (TPSA) is 125 Å². The highest BCUT2D eigenvalue weighted by atomic mass is 35.5. The van der Waals surface area contributed by atoms with E-state index in [9.17, 15) is 28.4 Å². The van der Waals surface area contributed by atoms with Crippen LogP contribution in [0.5, 0.6) is 23.0 Å². The van der Waals surface area contributed by atoms with Crippen LogP contribution in [0.4, 0.5) is 8.78 Å². The van der Waals surface area contributed by atoms with Crippen LogP contribution in [0, 0.1) is 5.92 Å². The second-order valence-electron chi connectivity index (χ2n) is 10.3. The fourth-order valence-electron chi connectivity index (χ4n) is 4.76. The highest BCUT2D eigenvalue weighted by Crippen LogP contribution is 2.39. The molecule has 11 nitrogen and oxygen atoms in total. The Bertz CT molecular complexity index is 1590. The van der Waals surface area contributed by atoms with Crippen molar-refractivity contribution in [3.8, 4) is 23.0 Å². The van der Waals surface area contributed by atoms with Crippen LogP contribution in [0.2, 0.25) is 10.0 Å².